The third-order valence-electron chi connectivity index (χ3n) is 6.92. The number of hydrogen-bond acceptors (Lipinski definition) is 7. The van der Waals surface area contributed by atoms with Gasteiger partial charge in [0, 0.05) is 35.6 Å². The summed E-state index contributed by atoms with van der Waals surface area (Å²) in [5.74, 6) is -0.124. The number of pyridine rings is 1. The predicted octanol–water partition coefficient (Wildman–Crippen LogP) is 3.35. The lowest BCUT2D eigenvalue weighted by Gasteiger charge is -2.41. The number of thiocarbonyl (C=S) groups is 1. The van der Waals surface area contributed by atoms with Crippen LogP contribution in [0.5, 0.6) is 0 Å². The summed E-state index contributed by atoms with van der Waals surface area (Å²) >= 11 is 7.06. The van der Waals surface area contributed by atoms with Crippen LogP contribution in [0.4, 0.5) is 5.69 Å². The molecule has 5 heterocycles. The number of carbonyl (C=O) groups is 2. The van der Waals surface area contributed by atoms with Crippen molar-refractivity contribution in [3.8, 4) is 0 Å². The summed E-state index contributed by atoms with van der Waals surface area (Å²) in [4.78, 5) is 36.5. The maximum absolute atomic E-state index is 14.5. The monoisotopic (exact) mass is 476 g/mol. The Kier molecular flexibility index (Phi) is 4.52. The molecule has 33 heavy (non-hydrogen) atoms. The van der Waals surface area contributed by atoms with Crippen LogP contribution in [0, 0.1) is 0 Å². The summed E-state index contributed by atoms with van der Waals surface area (Å²) < 4.78 is 4.73. The van der Waals surface area contributed by atoms with Crippen molar-refractivity contribution in [2.45, 2.75) is 22.7 Å². The first kappa shape index (κ1) is 20.6. The van der Waals surface area contributed by atoms with Crippen molar-refractivity contribution in [2.75, 3.05) is 18.9 Å². The minimum Gasteiger partial charge on any atom is -0.467 e. The SMILES string of the molecule is CN1C[C@H](c2ccccn2)[C@@]2(SC(=S)N(Cc3ccco3)C2=O)[C@]12C(=O)Nc1ccccc12. The number of benzene rings is 1. The fraction of sp³-hybridized carbons (Fsp3) is 0.250. The molecule has 3 aliphatic heterocycles. The summed E-state index contributed by atoms with van der Waals surface area (Å²) in [6.45, 7) is 0.701. The van der Waals surface area contributed by atoms with Gasteiger partial charge < -0.3 is 9.73 Å². The van der Waals surface area contributed by atoms with Gasteiger partial charge in [0.2, 0.25) is 5.91 Å². The Morgan fingerprint density at radius 2 is 2.00 bits per heavy atom. The van der Waals surface area contributed by atoms with Crippen molar-refractivity contribution in [1.29, 1.82) is 0 Å². The van der Waals surface area contributed by atoms with Crippen LogP contribution in [0.1, 0.15) is 22.9 Å². The minimum atomic E-state index is -1.23. The second-order valence-electron chi connectivity index (χ2n) is 8.47. The number of anilines is 1. The zero-order valence-corrected chi connectivity index (χ0v) is 19.4. The van der Waals surface area contributed by atoms with E-state index in [1.54, 1.807) is 23.4 Å². The number of fused-ring (bicyclic) bond motifs is 3. The number of furan rings is 1. The third-order valence-corrected chi connectivity index (χ3v) is 8.86. The Morgan fingerprint density at radius 3 is 2.76 bits per heavy atom. The van der Waals surface area contributed by atoms with Gasteiger partial charge in [0.1, 0.15) is 14.8 Å². The zero-order chi connectivity index (χ0) is 22.8. The van der Waals surface area contributed by atoms with Gasteiger partial charge in [-0.05, 0) is 37.4 Å². The fourth-order valence-corrected chi connectivity index (χ4v) is 7.73. The molecule has 0 aliphatic carbocycles. The van der Waals surface area contributed by atoms with Crippen molar-refractivity contribution < 1.29 is 14.0 Å². The van der Waals surface area contributed by atoms with Gasteiger partial charge in [-0.3, -0.25) is 24.4 Å². The molecule has 0 radical (unpaired) electrons. The summed E-state index contributed by atoms with van der Waals surface area (Å²) in [6, 6.07) is 16.9. The molecule has 0 bridgehead atoms. The number of carbonyl (C=O) groups excluding carboxylic acids is 2. The van der Waals surface area contributed by atoms with Crippen molar-refractivity contribution >= 4 is 45.8 Å². The summed E-state index contributed by atoms with van der Waals surface area (Å²) in [5.41, 5.74) is 1.05. The largest absolute Gasteiger partial charge is 0.467 e. The molecule has 2 saturated heterocycles. The van der Waals surface area contributed by atoms with E-state index in [1.165, 1.54) is 11.8 Å². The lowest BCUT2D eigenvalue weighted by molar-refractivity contribution is -0.138. The first-order valence-corrected chi connectivity index (χ1v) is 11.8. The number of para-hydroxylation sites is 1. The summed E-state index contributed by atoms with van der Waals surface area (Å²) in [6.07, 6.45) is 3.30. The molecule has 3 aliphatic rings. The van der Waals surface area contributed by atoms with Crippen LogP contribution in [0.3, 0.4) is 0 Å². The van der Waals surface area contributed by atoms with Crippen LogP contribution in [-0.2, 0) is 21.7 Å². The number of nitrogens with one attached hydrogen (secondary N) is 1. The van der Waals surface area contributed by atoms with Gasteiger partial charge in [-0.2, -0.15) is 0 Å². The molecule has 9 heteroatoms. The molecular formula is C24H20N4O3S2. The van der Waals surface area contributed by atoms with Gasteiger partial charge in [0.05, 0.1) is 12.8 Å². The van der Waals surface area contributed by atoms with Gasteiger partial charge in [-0.15, -0.1) is 0 Å². The molecule has 2 spiro atoms. The second kappa shape index (κ2) is 7.24. The summed E-state index contributed by atoms with van der Waals surface area (Å²) in [7, 11) is 1.90. The van der Waals surface area contributed by atoms with E-state index in [9.17, 15) is 9.59 Å². The van der Waals surface area contributed by atoms with Crippen LogP contribution in [-0.4, -0.2) is 49.3 Å². The highest BCUT2D eigenvalue weighted by molar-refractivity contribution is 8.25. The lowest BCUT2D eigenvalue weighted by atomic mass is 9.73. The molecule has 0 saturated carbocycles. The van der Waals surface area contributed by atoms with Crippen molar-refractivity contribution in [2.24, 2.45) is 0 Å². The number of hydrogen-bond donors (Lipinski definition) is 1. The first-order valence-electron chi connectivity index (χ1n) is 10.6. The number of amides is 2. The Labute approximate surface area is 200 Å². The van der Waals surface area contributed by atoms with Crippen molar-refractivity contribution in [3.05, 3.63) is 84.1 Å². The van der Waals surface area contributed by atoms with Crippen LogP contribution in [0.25, 0.3) is 0 Å². The number of thioether (sulfide) groups is 1. The molecule has 2 amide bonds. The predicted molar refractivity (Wildman–Crippen MR) is 129 cm³/mol. The summed E-state index contributed by atoms with van der Waals surface area (Å²) in [5, 5.41) is 3.03. The van der Waals surface area contributed by atoms with E-state index in [2.05, 4.69) is 10.3 Å². The van der Waals surface area contributed by atoms with E-state index in [1.807, 2.05) is 60.5 Å². The van der Waals surface area contributed by atoms with E-state index in [0.29, 0.717) is 16.6 Å². The Bertz CT molecular complexity index is 1280. The molecule has 2 fully saturated rings. The maximum Gasteiger partial charge on any atom is 0.251 e. The van der Waals surface area contributed by atoms with E-state index < -0.39 is 10.3 Å². The number of likely N-dealkylation sites (N-methyl/N-ethyl adjacent to an activating group) is 1. The van der Waals surface area contributed by atoms with Gasteiger partial charge in [-0.1, -0.05) is 48.2 Å². The first-order chi connectivity index (χ1) is 16.0. The highest BCUT2D eigenvalue weighted by Gasteiger charge is 2.78. The topological polar surface area (TPSA) is 78.7 Å². The Hall–Kier alpha value is -3.01. The molecule has 1 aromatic carbocycles. The zero-order valence-electron chi connectivity index (χ0n) is 17.7. The minimum absolute atomic E-state index is 0.194. The quantitative estimate of drug-likeness (QED) is 0.581. The molecule has 166 valence electrons. The Balaban J connectivity index is 1.59. The molecule has 7 nitrogen and oxygen atoms in total. The highest BCUT2D eigenvalue weighted by atomic mass is 32.2. The van der Waals surface area contributed by atoms with Crippen LogP contribution >= 0.6 is 24.0 Å². The van der Waals surface area contributed by atoms with Gasteiger partial charge in [0.25, 0.3) is 5.91 Å². The molecule has 3 aromatic rings. The maximum atomic E-state index is 14.5. The molecular weight excluding hydrogens is 456 g/mol. The molecule has 0 unspecified atom stereocenters. The van der Waals surface area contributed by atoms with Crippen LogP contribution in [0.2, 0.25) is 0 Å². The normalized spacial score (nSPS) is 28.8. The number of rotatable bonds is 3. The highest BCUT2D eigenvalue weighted by Crippen LogP contribution is 2.65. The second-order valence-corrected chi connectivity index (χ2v) is 10.4. The number of nitrogens with zero attached hydrogens (tertiary/aromatic N) is 3. The average Bonchev–Trinajstić information content (AvgIpc) is 3.55. The van der Waals surface area contributed by atoms with Crippen molar-refractivity contribution in [1.82, 2.24) is 14.8 Å². The van der Waals surface area contributed by atoms with Gasteiger partial charge in [0.15, 0.2) is 5.54 Å². The van der Waals surface area contributed by atoms with E-state index in [0.717, 1.165) is 16.9 Å². The average molecular weight is 477 g/mol. The fourth-order valence-electron chi connectivity index (χ4n) is 5.61. The smallest absolute Gasteiger partial charge is 0.251 e. The number of aromatic nitrogens is 1. The van der Waals surface area contributed by atoms with Crippen molar-refractivity contribution in [3.63, 3.8) is 0 Å². The van der Waals surface area contributed by atoms with E-state index >= 15 is 0 Å². The van der Waals surface area contributed by atoms with Gasteiger partial charge >= 0.3 is 0 Å². The number of likely N-dealkylation sites (tertiary alicyclic amines) is 1. The Morgan fingerprint density at radius 1 is 1.18 bits per heavy atom. The molecule has 2 aromatic heterocycles. The van der Waals surface area contributed by atoms with Crippen LogP contribution in [0.15, 0.2) is 71.5 Å². The standard InChI is InChI=1S/C24H20N4O3S2/c1-27-14-17(18-9-4-5-11-25-18)24(23(27)16-8-2-3-10-19(16)26-20(23)29)21(30)28(22(32)33-24)13-15-7-6-12-31-15/h2-12,17H,13-14H2,1H3,(H,26,29)/t17-,23+,24+/m1/s1. The van der Waals surface area contributed by atoms with E-state index in [-0.39, 0.29) is 24.3 Å². The lowest BCUT2D eigenvalue weighted by Crippen LogP contribution is -2.61. The third kappa shape index (κ3) is 2.55. The molecule has 3 atom stereocenters. The van der Waals surface area contributed by atoms with E-state index in [4.69, 9.17) is 16.6 Å². The molecule has 6 rings (SSSR count). The molecule has 1 N–H and O–H groups in total. The van der Waals surface area contributed by atoms with Crippen LogP contribution < -0.4 is 5.32 Å². The van der Waals surface area contributed by atoms with Gasteiger partial charge in [-0.25, -0.2) is 0 Å².